The Bertz CT molecular complexity index is 1290. The molecule has 1 amide bonds. The van der Waals surface area contributed by atoms with Crippen molar-refractivity contribution in [3.05, 3.63) is 24.3 Å². The van der Waals surface area contributed by atoms with E-state index in [0.29, 0.717) is 50.8 Å². The third kappa shape index (κ3) is 2.94. The Hall–Kier alpha value is -2.56. The molecule has 0 aromatic rings. The monoisotopic (exact) mass is 569 g/mol. The van der Waals surface area contributed by atoms with Crippen molar-refractivity contribution in [2.24, 2.45) is 52.3 Å². The maximum Gasteiger partial charge on any atom is 0.310 e. The normalized spacial score (nSPS) is 49.9. The van der Waals surface area contributed by atoms with Crippen molar-refractivity contribution in [2.45, 2.75) is 69.9 Å². The second kappa shape index (κ2) is 8.51. The molecule has 41 heavy (non-hydrogen) atoms. The molecule has 3 saturated heterocycles. The van der Waals surface area contributed by atoms with E-state index in [-0.39, 0.29) is 30.3 Å². The fraction of sp³-hybridized carbons (Fsp3) is 0.742. The largest absolute Gasteiger partial charge is 0.481 e. The van der Waals surface area contributed by atoms with E-state index in [2.05, 4.69) is 6.58 Å². The Morgan fingerprint density at radius 2 is 1.76 bits per heavy atom. The predicted octanol–water partition coefficient (Wildman–Crippen LogP) is 1.69. The number of piperidine rings is 1. The summed E-state index contributed by atoms with van der Waals surface area (Å²) < 4.78 is 12.0. The average molecular weight is 570 g/mol. The summed E-state index contributed by atoms with van der Waals surface area (Å²) in [7, 11) is 0. The van der Waals surface area contributed by atoms with E-state index >= 15 is 0 Å². The summed E-state index contributed by atoms with van der Waals surface area (Å²) in [5.74, 6) is -7.04. The Morgan fingerprint density at radius 1 is 1.10 bits per heavy atom. The molecule has 3 aliphatic heterocycles. The van der Waals surface area contributed by atoms with Gasteiger partial charge in [0.15, 0.2) is 11.4 Å². The number of nitrogens with zero attached hydrogens (tertiary/aromatic N) is 1. The Morgan fingerprint density at radius 3 is 2.41 bits per heavy atom. The number of ether oxygens (including phenoxy) is 2. The Kier molecular flexibility index (Phi) is 5.66. The van der Waals surface area contributed by atoms with Crippen LogP contribution in [-0.2, 0) is 28.7 Å². The number of carbonyl (C=O) groups excluding carboxylic acids is 3. The summed E-state index contributed by atoms with van der Waals surface area (Å²) in [6.07, 6.45) is 5.33. The summed E-state index contributed by atoms with van der Waals surface area (Å²) in [6.45, 7) is 8.97. The number of fused-ring (bicyclic) bond motifs is 2. The van der Waals surface area contributed by atoms with Gasteiger partial charge in [0.2, 0.25) is 11.7 Å². The van der Waals surface area contributed by atoms with Gasteiger partial charge in [-0.1, -0.05) is 32.6 Å². The van der Waals surface area contributed by atoms with Gasteiger partial charge in [-0.3, -0.25) is 19.2 Å². The van der Waals surface area contributed by atoms with Crippen LogP contribution in [0.15, 0.2) is 24.3 Å². The molecule has 10 nitrogen and oxygen atoms in total. The first-order valence-corrected chi connectivity index (χ1v) is 15.0. The van der Waals surface area contributed by atoms with Crippen LogP contribution in [0.3, 0.4) is 0 Å². The molecule has 0 aromatic carbocycles. The van der Waals surface area contributed by atoms with Gasteiger partial charge in [0.25, 0.3) is 0 Å². The van der Waals surface area contributed by atoms with Crippen molar-refractivity contribution in [1.82, 2.24) is 4.90 Å². The lowest BCUT2D eigenvalue weighted by atomic mass is 9.23. The molecule has 0 radical (unpaired) electrons. The van der Waals surface area contributed by atoms with E-state index < -0.39 is 69.7 Å². The third-order valence-electron chi connectivity index (χ3n) is 12.7. The van der Waals surface area contributed by atoms with Crippen LogP contribution in [0.2, 0.25) is 0 Å². The zero-order valence-corrected chi connectivity index (χ0v) is 23.6. The molecule has 0 aromatic heterocycles. The zero-order valence-electron chi connectivity index (χ0n) is 23.6. The highest BCUT2D eigenvalue weighted by Crippen LogP contribution is 2.83. The molecular weight excluding hydrogens is 530 g/mol. The predicted molar refractivity (Wildman–Crippen MR) is 142 cm³/mol. The number of aliphatic hydroxyl groups is 2. The highest BCUT2D eigenvalue weighted by Gasteiger charge is 2.95. The zero-order chi connectivity index (χ0) is 29.3. The first-order valence-electron chi connectivity index (χ1n) is 15.0. The summed E-state index contributed by atoms with van der Waals surface area (Å²) in [5, 5.41) is 32.6. The van der Waals surface area contributed by atoms with E-state index in [0.717, 1.165) is 6.42 Å². The number of esters is 1. The van der Waals surface area contributed by atoms with Gasteiger partial charge in [-0.2, -0.15) is 0 Å². The minimum atomic E-state index is -2.03. The van der Waals surface area contributed by atoms with Crippen molar-refractivity contribution < 1.29 is 44.0 Å². The maximum absolute atomic E-state index is 14.3. The number of carboxylic acid groups (broad SMARTS) is 1. The molecule has 4 saturated carbocycles. The first-order chi connectivity index (χ1) is 19.4. The van der Waals surface area contributed by atoms with E-state index in [1.54, 1.807) is 11.0 Å². The summed E-state index contributed by atoms with van der Waals surface area (Å²) in [6, 6.07) is 0. The van der Waals surface area contributed by atoms with Gasteiger partial charge < -0.3 is 29.7 Å². The van der Waals surface area contributed by atoms with Crippen molar-refractivity contribution in [3.8, 4) is 0 Å². The second-order valence-corrected chi connectivity index (χ2v) is 13.9. The first kappa shape index (κ1) is 27.3. The minimum Gasteiger partial charge on any atom is -0.481 e. The van der Waals surface area contributed by atoms with Crippen molar-refractivity contribution in [3.63, 3.8) is 0 Å². The molecule has 2 bridgehead atoms. The SMILES string of the molecule is C=C1C2CCC3C4(C)COC(O)(C(O)C4C)C34C(=O)C1(OC(=O)C1CCN(C(=O)C3CC=CCC3C(=O)O)CC1)C24. The highest BCUT2D eigenvalue weighted by molar-refractivity contribution is 6.09. The molecule has 7 fully saturated rings. The third-order valence-corrected chi connectivity index (χ3v) is 12.7. The number of rotatable bonds is 4. The standard InChI is InChI=1S/C31H39NO9/c1-15-18-8-9-21-28(3)14-40-31(39,23(33)16(28)2)29(21)22(18)30(15,27(29)38)41-26(37)17-10-12-32(13-11-17)24(34)19-6-4-5-7-20(19)25(35)36/h4-5,16-23,33,39H,1,6-14H2,2-3H3,(H,35,36). The number of hydrogen-bond acceptors (Lipinski definition) is 8. The topological polar surface area (TPSA) is 151 Å². The van der Waals surface area contributed by atoms with Crippen LogP contribution in [0.5, 0.6) is 0 Å². The summed E-state index contributed by atoms with van der Waals surface area (Å²) >= 11 is 0. The Balaban J connectivity index is 1.08. The second-order valence-electron chi connectivity index (χ2n) is 13.9. The van der Waals surface area contributed by atoms with Crippen molar-refractivity contribution in [1.29, 1.82) is 0 Å². The van der Waals surface area contributed by atoms with Gasteiger partial charge in [0, 0.05) is 24.4 Å². The molecule has 3 N–H and O–H groups in total. The fourth-order valence-electron chi connectivity index (χ4n) is 10.2. The van der Waals surface area contributed by atoms with Crippen LogP contribution in [0, 0.1) is 52.3 Å². The molecule has 8 rings (SSSR count). The lowest BCUT2D eigenvalue weighted by Crippen LogP contribution is -2.95. The van der Waals surface area contributed by atoms with Crippen LogP contribution < -0.4 is 0 Å². The van der Waals surface area contributed by atoms with Crippen LogP contribution >= 0.6 is 0 Å². The number of aliphatic carboxylic acids is 1. The van der Waals surface area contributed by atoms with Crippen molar-refractivity contribution in [2.75, 3.05) is 19.7 Å². The van der Waals surface area contributed by atoms with E-state index in [1.807, 2.05) is 19.9 Å². The molecule has 8 aliphatic rings. The number of aliphatic hydroxyl groups excluding tert-OH is 1. The van der Waals surface area contributed by atoms with E-state index in [1.165, 1.54) is 0 Å². The molecule has 3 heterocycles. The van der Waals surface area contributed by atoms with Gasteiger partial charge in [0.1, 0.15) is 11.5 Å². The smallest absolute Gasteiger partial charge is 0.310 e. The number of likely N-dealkylation sites (tertiary alicyclic amines) is 1. The van der Waals surface area contributed by atoms with Gasteiger partial charge >= 0.3 is 11.9 Å². The van der Waals surface area contributed by atoms with Crippen LogP contribution in [0.1, 0.15) is 52.4 Å². The lowest BCUT2D eigenvalue weighted by Gasteiger charge is -2.82. The summed E-state index contributed by atoms with van der Waals surface area (Å²) in [4.78, 5) is 54.4. The van der Waals surface area contributed by atoms with Crippen LogP contribution in [-0.4, -0.2) is 81.0 Å². The van der Waals surface area contributed by atoms with E-state index in [4.69, 9.17) is 9.47 Å². The molecule has 222 valence electrons. The molecular formula is C31H39NO9. The number of carboxylic acids is 1. The van der Waals surface area contributed by atoms with Gasteiger partial charge in [-0.15, -0.1) is 0 Å². The van der Waals surface area contributed by atoms with Gasteiger partial charge in [-0.25, -0.2) is 0 Å². The highest BCUT2D eigenvalue weighted by atomic mass is 16.6. The number of Topliss-reactive ketones (excluding diaryl/α,β-unsaturated/α-hetero) is 1. The van der Waals surface area contributed by atoms with Gasteiger partial charge in [-0.05, 0) is 61.9 Å². The number of amides is 1. The quantitative estimate of drug-likeness (QED) is 0.339. The molecule has 5 aliphatic carbocycles. The Labute approximate surface area is 238 Å². The van der Waals surface area contributed by atoms with Gasteiger partial charge in [0.05, 0.1) is 24.4 Å². The van der Waals surface area contributed by atoms with E-state index in [9.17, 15) is 34.5 Å². The number of carbonyl (C=O) groups is 4. The maximum atomic E-state index is 14.3. The molecule has 11 atom stereocenters. The fourth-order valence-corrected chi connectivity index (χ4v) is 10.2. The number of ketones is 1. The molecule has 1 spiro atoms. The van der Waals surface area contributed by atoms with Crippen LogP contribution in [0.4, 0.5) is 0 Å². The summed E-state index contributed by atoms with van der Waals surface area (Å²) in [5.41, 5.74) is -2.77. The average Bonchev–Trinajstić information content (AvgIpc) is 2.98. The van der Waals surface area contributed by atoms with Crippen molar-refractivity contribution >= 4 is 23.6 Å². The van der Waals surface area contributed by atoms with Crippen LogP contribution in [0.25, 0.3) is 0 Å². The molecule has 11 unspecified atom stereocenters. The lowest BCUT2D eigenvalue weighted by molar-refractivity contribution is -0.461. The molecule has 10 heteroatoms. The minimum absolute atomic E-state index is 0.0963. The number of hydrogen-bond donors (Lipinski definition) is 3. The number of allylic oxidation sites excluding steroid dienone is 2.